The van der Waals surface area contributed by atoms with Crippen LogP contribution >= 0.6 is 11.8 Å². The number of nitrogens with two attached hydrogens (primary N) is 1. The molecule has 1 fully saturated rings. The number of hydrogen-bond acceptors (Lipinski definition) is 4. The standard InChI is InChI=1S/C13H22N2OS/c1-10-4-5-12(16-10)8-15(3)13(9-14)6-7-17-11(13)2/h4-5,11H,6-9,14H2,1-3H3. The van der Waals surface area contributed by atoms with Gasteiger partial charge in [-0.1, -0.05) is 6.92 Å². The zero-order valence-corrected chi connectivity index (χ0v) is 11.7. The van der Waals surface area contributed by atoms with Crippen LogP contribution in [0, 0.1) is 6.92 Å². The van der Waals surface area contributed by atoms with Crippen molar-refractivity contribution < 1.29 is 4.42 Å². The zero-order valence-electron chi connectivity index (χ0n) is 10.9. The summed E-state index contributed by atoms with van der Waals surface area (Å²) in [6, 6.07) is 4.08. The highest BCUT2D eigenvalue weighted by Crippen LogP contribution is 2.39. The summed E-state index contributed by atoms with van der Waals surface area (Å²) in [6.07, 6.45) is 1.17. The lowest BCUT2D eigenvalue weighted by atomic mass is 9.91. The van der Waals surface area contributed by atoms with Crippen LogP contribution in [0.1, 0.15) is 24.9 Å². The van der Waals surface area contributed by atoms with Gasteiger partial charge < -0.3 is 10.2 Å². The molecule has 2 N–H and O–H groups in total. The molecule has 0 bridgehead atoms. The van der Waals surface area contributed by atoms with Gasteiger partial charge in [0.15, 0.2) is 0 Å². The van der Waals surface area contributed by atoms with Gasteiger partial charge in [0.2, 0.25) is 0 Å². The minimum atomic E-state index is 0.130. The summed E-state index contributed by atoms with van der Waals surface area (Å²) >= 11 is 2.02. The summed E-state index contributed by atoms with van der Waals surface area (Å²) in [7, 11) is 2.16. The lowest BCUT2D eigenvalue weighted by molar-refractivity contribution is 0.112. The molecule has 0 aliphatic carbocycles. The van der Waals surface area contributed by atoms with E-state index in [0.717, 1.165) is 24.6 Å². The van der Waals surface area contributed by atoms with E-state index in [2.05, 4.69) is 24.9 Å². The molecule has 1 aliphatic rings. The van der Waals surface area contributed by atoms with Crippen molar-refractivity contribution in [2.24, 2.45) is 5.73 Å². The van der Waals surface area contributed by atoms with Crippen molar-refractivity contribution in [1.29, 1.82) is 0 Å². The number of hydrogen-bond donors (Lipinski definition) is 1. The van der Waals surface area contributed by atoms with Gasteiger partial charge in [-0.15, -0.1) is 0 Å². The highest BCUT2D eigenvalue weighted by atomic mass is 32.2. The lowest BCUT2D eigenvalue weighted by Gasteiger charge is -2.40. The Labute approximate surface area is 108 Å². The van der Waals surface area contributed by atoms with Crippen molar-refractivity contribution in [3.05, 3.63) is 23.7 Å². The molecular formula is C13H22N2OS. The van der Waals surface area contributed by atoms with Crippen molar-refractivity contribution in [1.82, 2.24) is 4.90 Å². The Kier molecular flexibility index (Phi) is 3.85. The second-order valence-electron chi connectivity index (χ2n) is 4.94. The Morgan fingerprint density at radius 2 is 2.35 bits per heavy atom. The summed E-state index contributed by atoms with van der Waals surface area (Å²) < 4.78 is 5.65. The SMILES string of the molecule is Cc1ccc(CN(C)C2(CN)CCSC2C)o1. The van der Waals surface area contributed by atoms with E-state index in [1.165, 1.54) is 12.2 Å². The van der Waals surface area contributed by atoms with Gasteiger partial charge in [0, 0.05) is 17.3 Å². The van der Waals surface area contributed by atoms with Crippen LogP contribution in [0.4, 0.5) is 0 Å². The quantitative estimate of drug-likeness (QED) is 0.895. The van der Waals surface area contributed by atoms with Crippen LogP contribution in [-0.4, -0.2) is 35.0 Å². The average molecular weight is 254 g/mol. The van der Waals surface area contributed by atoms with Gasteiger partial charge in [0.05, 0.1) is 6.54 Å². The van der Waals surface area contributed by atoms with Crippen LogP contribution in [0.3, 0.4) is 0 Å². The van der Waals surface area contributed by atoms with E-state index in [-0.39, 0.29) is 5.54 Å². The third-order valence-corrected chi connectivity index (χ3v) is 5.34. The second-order valence-corrected chi connectivity index (χ2v) is 6.39. The largest absolute Gasteiger partial charge is 0.465 e. The molecule has 1 aromatic heterocycles. The fourth-order valence-electron chi connectivity index (χ4n) is 2.66. The predicted octanol–water partition coefficient (Wildman–Crippen LogP) is 2.24. The molecule has 0 amide bonds. The number of rotatable bonds is 4. The van der Waals surface area contributed by atoms with Crippen LogP contribution in [0.5, 0.6) is 0 Å². The number of thioether (sulfide) groups is 1. The molecule has 0 saturated carbocycles. The normalized spacial score (nSPS) is 29.1. The zero-order chi connectivity index (χ0) is 12.5. The number of likely N-dealkylation sites (N-methyl/N-ethyl adjacent to an activating group) is 1. The smallest absolute Gasteiger partial charge is 0.118 e. The maximum absolute atomic E-state index is 6.03. The van der Waals surface area contributed by atoms with Gasteiger partial charge in [-0.3, -0.25) is 4.90 Å². The fraction of sp³-hybridized carbons (Fsp3) is 0.692. The molecule has 96 valence electrons. The Morgan fingerprint density at radius 1 is 1.59 bits per heavy atom. The highest BCUT2D eigenvalue weighted by Gasteiger charge is 2.43. The summed E-state index contributed by atoms with van der Waals surface area (Å²) in [6.45, 7) is 5.83. The molecule has 2 atom stereocenters. The first-order valence-electron chi connectivity index (χ1n) is 6.17. The van der Waals surface area contributed by atoms with Crippen LogP contribution < -0.4 is 5.73 Å². The van der Waals surface area contributed by atoms with E-state index in [1.807, 2.05) is 24.8 Å². The number of nitrogens with zero attached hydrogens (tertiary/aromatic N) is 1. The molecule has 2 heterocycles. The van der Waals surface area contributed by atoms with Gasteiger partial charge in [0.1, 0.15) is 11.5 Å². The molecule has 1 aliphatic heterocycles. The minimum absolute atomic E-state index is 0.130. The second kappa shape index (κ2) is 5.04. The molecule has 1 aromatic rings. The van der Waals surface area contributed by atoms with Crippen LogP contribution in [0.2, 0.25) is 0 Å². The third kappa shape index (κ3) is 2.39. The summed E-state index contributed by atoms with van der Waals surface area (Å²) in [4.78, 5) is 2.37. The summed E-state index contributed by atoms with van der Waals surface area (Å²) in [5.74, 6) is 3.21. The van der Waals surface area contributed by atoms with Crippen molar-refractivity contribution in [3.63, 3.8) is 0 Å². The molecule has 0 aromatic carbocycles. The van der Waals surface area contributed by atoms with E-state index < -0.39 is 0 Å². The number of aryl methyl sites for hydroxylation is 1. The van der Waals surface area contributed by atoms with Crippen LogP contribution in [-0.2, 0) is 6.54 Å². The molecule has 17 heavy (non-hydrogen) atoms. The lowest BCUT2D eigenvalue weighted by Crippen LogP contribution is -2.55. The fourth-order valence-corrected chi connectivity index (χ4v) is 4.19. The van der Waals surface area contributed by atoms with Crippen molar-refractivity contribution in [2.45, 2.75) is 37.6 Å². The van der Waals surface area contributed by atoms with Crippen molar-refractivity contribution >= 4 is 11.8 Å². The van der Waals surface area contributed by atoms with Gasteiger partial charge in [-0.25, -0.2) is 0 Å². The van der Waals surface area contributed by atoms with E-state index in [4.69, 9.17) is 10.2 Å². The Balaban J connectivity index is 2.10. The topological polar surface area (TPSA) is 42.4 Å². The molecule has 2 rings (SSSR count). The molecule has 2 unspecified atom stereocenters. The van der Waals surface area contributed by atoms with Gasteiger partial charge >= 0.3 is 0 Å². The molecule has 1 saturated heterocycles. The first-order chi connectivity index (χ1) is 8.08. The Hall–Kier alpha value is -0.450. The van der Waals surface area contributed by atoms with E-state index in [0.29, 0.717) is 5.25 Å². The maximum Gasteiger partial charge on any atom is 0.118 e. The molecule has 3 nitrogen and oxygen atoms in total. The van der Waals surface area contributed by atoms with Crippen LogP contribution in [0.15, 0.2) is 16.5 Å². The summed E-state index contributed by atoms with van der Waals surface area (Å²) in [5, 5.41) is 0.591. The summed E-state index contributed by atoms with van der Waals surface area (Å²) in [5.41, 5.74) is 6.16. The monoisotopic (exact) mass is 254 g/mol. The van der Waals surface area contributed by atoms with Gasteiger partial charge in [-0.2, -0.15) is 11.8 Å². The predicted molar refractivity (Wildman–Crippen MR) is 73.2 cm³/mol. The van der Waals surface area contributed by atoms with Gasteiger partial charge in [0.25, 0.3) is 0 Å². The van der Waals surface area contributed by atoms with Gasteiger partial charge in [-0.05, 0) is 38.3 Å². The Bertz CT molecular complexity index is 379. The van der Waals surface area contributed by atoms with Crippen molar-refractivity contribution in [2.75, 3.05) is 19.3 Å². The average Bonchev–Trinajstić information content (AvgIpc) is 2.86. The van der Waals surface area contributed by atoms with Crippen molar-refractivity contribution in [3.8, 4) is 0 Å². The molecule has 0 spiro atoms. The first kappa shape index (κ1) is 13.0. The molecular weight excluding hydrogens is 232 g/mol. The van der Waals surface area contributed by atoms with E-state index in [9.17, 15) is 0 Å². The maximum atomic E-state index is 6.03. The molecule has 0 radical (unpaired) electrons. The van der Waals surface area contributed by atoms with E-state index >= 15 is 0 Å². The first-order valence-corrected chi connectivity index (χ1v) is 7.21. The van der Waals surface area contributed by atoms with E-state index in [1.54, 1.807) is 0 Å². The minimum Gasteiger partial charge on any atom is -0.465 e. The van der Waals surface area contributed by atoms with Crippen LogP contribution in [0.25, 0.3) is 0 Å². The third-order valence-electron chi connectivity index (χ3n) is 3.96. The molecule has 4 heteroatoms. The number of furan rings is 1. The Morgan fingerprint density at radius 3 is 2.82 bits per heavy atom. The highest BCUT2D eigenvalue weighted by molar-refractivity contribution is 8.00.